The number of rotatable bonds is 15. The van der Waals surface area contributed by atoms with Gasteiger partial charge in [-0.3, -0.25) is 0 Å². The van der Waals surface area contributed by atoms with E-state index in [4.69, 9.17) is 0 Å². The minimum Gasteiger partial charge on any atom is -0.412 e. The van der Waals surface area contributed by atoms with Gasteiger partial charge in [0.25, 0.3) is 0 Å². The largest absolute Gasteiger partial charge is 0.412 e. The first kappa shape index (κ1) is 27.8. The summed E-state index contributed by atoms with van der Waals surface area (Å²) in [6.45, 7) is 6.18. The van der Waals surface area contributed by atoms with Gasteiger partial charge in [0.2, 0.25) is 0 Å². The Labute approximate surface area is 148 Å². The lowest BCUT2D eigenvalue weighted by atomic mass is 10.0. The number of unbranched alkanes of at least 4 members (excludes halogenated alkanes) is 15. The van der Waals surface area contributed by atoms with Crippen molar-refractivity contribution in [1.29, 1.82) is 0 Å². The van der Waals surface area contributed by atoms with Gasteiger partial charge in [-0.05, 0) is 21.1 Å². The van der Waals surface area contributed by atoms with Crippen LogP contribution in [-0.4, -0.2) is 31.5 Å². The van der Waals surface area contributed by atoms with E-state index in [0.717, 1.165) is 6.42 Å². The van der Waals surface area contributed by atoms with Crippen molar-refractivity contribution in [1.82, 2.24) is 4.90 Å². The third-order valence-corrected chi connectivity index (χ3v) is 3.85. The van der Waals surface area contributed by atoms with Crippen LogP contribution >= 0.6 is 0 Å². The van der Waals surface area contributed by atoms with E-state index in [1.165, 1.54) is 96.3 Å². The van der Waals surface area contributed by atoms with E-state index in [2.05, 4.69) is 13.8 Å². The van der Waals surface area contributed by atoms with E-state index < -0.39 is 0 Å². The zero-order valence-corrected chi connectivity index (χ0v) is 17.0. The maximum Gasteiger partial charge on any atom is -0.0140 e. The number of nitrogens with zero attached hydrogens (tertiary/aromatic N) is 1. The molecule has 0 aromatic rings. The van der Waals surface area contributed by atoms with Crippen LogP contribution in [0.25, 0.3) is 0 Å². The Bertz CT molecular complexity index is 152. The minimum absolute atomic E-state index is 0. The molecule has 0 aliphatic carbocycles. The molecule has 0 amide bonds. The van der Waals surface area contributed by atoms with Gasteiger partial charge in [0.05, 0.1) is 0 Å². The summed E-state index contributed by atoms with van der Waals surface area (Å²) in [5, 5.41) is 0. The zero-order valence-electron chi connectivity index (χ0n) is 17.0. The fraction of sp³-hybridized carbons (Fsp3) is 0.952. The highest BCUT2D eigenvalue weighted by atomic mass is 16.0. The molecule has 0 fully saturated rings. The van der Waals surface area contributed by atoms with Crippen molar-refractivity contribution in [2.45, 2.75) is 110 Å². The monoisotopic (exact) mass is 330 g/mol. The van der Waals surface area contributed by atoms with Gasteiger partial charge in [0.1, 0.15) is 0 Å². The van der Waals surface area contributed by atoms with Crippen molar-refractivity contribution >= 4 is 0 Å². The third kappa shape index (κ3) is 39.1. The molecule has 1 radical (unpaired) electrons. The fourth-order valence-corrected chi connectivity index (χ4v) is 2.55. The summed E-state index contributed by atoms with van der Waals surface area (Å²) < 4.78 is 0. The molecule has 2 heteroatoms. The van der Waals surface area contributed by atoms with Gasteiger partial charge in [-0.15, -0.1) is 0 Å². The summed E-state index contributed by atoms with van der Waals surface area (Å²) in [7, 11) is 6.00. The highest BCUT2D eigenvalue weighted by Crippen LogP contribution is 2.13. The SMILES string of the molecule is CN(C)C.O.[CH2]CCCCCCCCCCCCCCCCC. The lowest BCUT2D eigenvalue weighted by molar-refractivity contribution is 0.505. The quantitative estimate of drug-likeness (QED) is 0.318. The number of hydrogen-bond acceptors (Lipinski definition) is 1. The average Bonchev–Trinajstić information content (AvgIpc) is 2.47. The Morgan fingerprint density at radius 2 is 0.739 bits per heavy atom. The summed E-state index contributed by atoms with van der Waals surface area (Å²) in [5.41, 5.74) is 0. The molecule has 2 nitrogen and oxygen atoms in total. The van der Waals surface area contributed by atoms with Crippen LogP contribution in [-0.2, 0) is 0 Å². The standard InChI is InChI=1S/C18H37.C3H9N.H2O/c1-3-5-7-9-11-13-15-17-18-16-14-12-10-8-6-4-2;1-4(2)3;/h1,3-18H2,2H3;1-3H3;1H2. The molecule has 0 saturated carbocycles. The molecule has 0 saturated heterocycles. The summed E-state index contributed by atoms with van der Waals surface area (Å²) in [4.78, 5) is 2.00. The van der Waals surface area contributed by atoms with Crippen molar-refractivity contribution < 1.29 is 5.48 Å². The van der Waals surface area contributed by atoms with Crippen LogP contribution in [0.1, 0.15) is 110 Å². The zero-order chi connectivity index (χ0) is 16.9. The molecular weight excluding hydrogens is 282 g/mol. The van der Waals surface area contributed by atoms with Crippen LogP contribution in [0, 0.1) is 6.92 Å². The van der Waals surface area contributed by atoms with E-state index in [9.17, 15) is 0 Å². The minimum atomic E-state index is 0. The predicted molar refractivity (Wildman–Crippen MR) is 108 cm³/mol. The molecule has 0 aliphatic rings. The molecule has 0 bridgehead atoms. The van der Waals surface area contributed by atoms with Crippen LogP contribution in [0.3, 0.4) is 0 Å². The van der Waals surface area contributed by atoms with Crippen molar-refractivity contribution in [2.24, 2.45) is 0 Å². The van der Waals surface area contributed by atoms with Crippen LogP contribution in [0.5, 0.6) is 0 Å². The normalized spacial score (nSPS) is 10.2. The molecule has 0 heterocycles. The van der Waals surface area contributed by atoms with Crippen LogP contribution in [0.15, 0.2) is 0 Å². The molecule has 23 heavy (non-hydrogen) atoms. The second kappa shape index (κ2) is 26.8. The third-order valence-electron chi connectivity index (χ3n) is 3.85. The van der Waals surface area contributed by atoms with Crippen LogP contribution in [0.2, 0.25) is 0 Å². The molecule has 2 N–H and O–H groups in total. The highest BCUT2D eigenvalue weighted by Gasteiger charge is 1.93. The Balaban J connectivity index is -0.000000712. The highest BCUT2D eigenvalue weighted by molar-refractivity contribution is 4.50. The number of hydrogen-bond donors (Lipinski definition) is 0. The van der Waals surface area contributed by atoms with Crippen LogP contribution in [0.4, 0.5) is 0 Å². The summed E-state index contributed by atoms with van der Waals surface area (Å²) in [6.07, 6.45) is 22.8. The molecule has 0 spiro atoms. The van der Waals surface area contributed by atoms with Gasteiger partial charge in [0.15, 0.2) is 0 Å². The lowest BCUT2D eigenvalue weighted by Gasteiger charge is -2.03. The van der Waals surface area contributed by atoms with Gasteiger partial charge in [-0.2, -0.15) is 0 Å². The fourth-order valence-electron chi connectivity index (χ4n) is 2.55. The van der Waals surface area contributed by atoms with Gasteiger partial charge >= 0.3 is 0 Å². The summed E-state index contributed by atoms with van der Waals surface area (Å²) >= 11 is 0. The Hall–Kier alpha value is -0.0800. The second-order valence-corrected chi connectivity index (χ2v) is 7.14. The molecule has 143 valence electrons. The molecule has 0 aliphatic heterocycles. The van der Waals surface area contributed by atoms with Gasteiger partial charge < -0.3 is 10.4 Å². The topological polar surface area (TPSA) is 34.7 Å². The Kier molecular flexibility index (Phi) is 32.3. The van der Waals surface area contributed by atoms with E-state index in [0.29, 0.717) is 0 Å². The summed E-state index contributed by atoms with van der Waals surface area (Å²) in [5.74, 6) is 0. The molecule has 0 atom stereocenters. The molecule has 0 unspecified atom stereocenters. The van der Waals surface area contributed by atoms with Gasteiger partial charge in [-0.25, -0.2) is 0 Å². The Morgan fingerprint density at radius 1 is 0.522 bits per heavy atom. The van der Waals surface area contributed by atoms with Crippen molar-refractivity contribution in [3.63, 3.8) is 0 Å². The van der Waals surface area contributed by atoms with Gasteiger partial charge in [-0.1, -0.05) is 117 Å². The van der Waals surface area contributed by atoms with Crippen LogP contribution < -0.4 is 0 Å². The Morgan fingerprint density at radius 3 is 0.957 bits per heavy atom. The predicted octanol–water partition coefficient (Wildman–Crippen LogP) is 6.44. The molecular formula is C21H48NO. The molecule has 0 aromatic carbocycles. The van der Waals surface area contributed by atoms with Gasteiger partial charge in [0, 0.05) is 0 Å². The van der Waals surface area contributed by atoms with E-state index in [1.54, 1.807) is 0 Å². The van der Waals surface area contributed by atoms with Crippen molar-refractivity contribution in [3.8, 4) is 0 Å². The van der Waals surface area contributed by atoms with E-state index in [1.807, 2.05) is 26.0 Å². The smallest absolute Gasteiger partial charge is 0.0140 e. The first-order chi connectivity index (χ1) is 10.6. The molecule has 0 aromatic heterocycles. The van der Waals surface area contributed by atoms with Crippen molar-refractivity contribution in [2.75, 3.05) is 21.1 Å². The first-order valence-corrected chi connectivity index (χ1v) is 10.0. The molecule has 0 rings (SSSR count). The van der Waals surface area contributed by atoms with E-state index in [-0.39, 0.29) is 5.48 Å². The first-order valence-electron chi connectivity index (χ1n) is 10.0. The van der Waals surface area contributed by atoms with E-state index >= 15 is 0 Å². The lowest BCUT2D eigenvalue weighted by Crippen LogP contribution is -1.99. The second-order valence-electron chi connectivity index (χ2n) is 7.14. The average molecular weight is 331 g/mol. The van der Waals surface area contributed by atoms with Crippen molar-refractivity contribution in [3.05, 3.63) is 6.92 Å². The maximum absolute atomic E-state index is 3.88. The summed E-state index contributed by atoms with van der Waals surface area (Å²) in [6, 6.07) is 0. The maximum atomic E-state index is 3.88.